The molecule has 146 valence electrons. The summed E-state index contributed by atoms with van der Waals surface area (Å²) in [5.74, 6) is 0.968. The monoisotopic (exact) mass is 401 g/mol. The average Bonchev–Trinajstić information content (AvgIpc) is 2.63. The quantitative estimate of drug-likeness (QED) is 0.685. The number of aromatic nitrogens is 2. The lowest BCUT2D eigenvalue weighted by atomic mass is 10.1. The van der Waals surface area contributed by atoms with Crippen LogP contribution in [0.5, 0.6) is 11.5 Å². The Kier molecular flexibility index (Phi) is 5.94. The number of rotatable bonds is 5. The number of para-hydroxylation sites is 2. The number of benzene rings is 1. The Labute approximate surface area is 160 Å². The van der Waals surface area contributed by atoms with E-state index in [4.69, 9.17) is 21.1 Å². The molecule has 0 bridgehead atoms. The van der Waals surface area contributed by atoms with E-state index in [-0.39, 0.29) is 23.8 Å². The van der Waals surface area contributed by atoms with Gasteiger partial charge >= 0.3 is 6.18 Å². The summed E-state index contributed by atoms with van der Waals surface area (Å²) in [6.45, 7) is 3.06. The molecular weight excluding hydrogens is 383 g/mol. The zero-order chi connectivity index (χ0) is 19.4. The lowest BCUT2D eigenvalue weighted by Crippen LogP contribution is -2.42. The van der Waals surface area contributed by atoms with Crippen LogP contribution in [0.25, 0.3) is 0 Å². The molecule has 1 aromatic carbocycles. The lowest BCUT2D eigenvalue weighted by Gasteiger charge is -2.35. The molecule has 0 spiro atoms. The van der Waals surface area contributed by atoms with E-state index in [0.29, 0.717) is 31.1 Å². The van der Waals surface area contributed by atoms with E-state index in [1.54, 1.807) is 17.0 Å². The highest BCUT2D eigenvalue weighted by molar-refractivity contribution is 6.28. The van der Waals surface area contributed by atoms with Gasteiger partial charge < -0.3 is 14.4 Å². The molecule has 3 rings (SSSR count). The van der Waals surface area contributed by atoms with Gasteiger partial charge in [0.05, 0.1) is 13.2 Å². The summed E-state index contributed by atoms with van der Waals surface area (Å²) < 4.78 is 51.5. The van der Waals surface area contributed by atoms with Crippen LogP contribution in [-0.4, -0.2) is 35.8 Å². The Morgan fingerprint density at radius 1 is 1.26 bits per heavy atom. The maximum Gasteiger partial charge on any atom is 0.421 e. The minimum atomic E-state index is -4.56. The standard InChI is InChI=1S/C18H19ClF3N3O2/c1-2-26-14-7-3-4-8-15(14)27-12-6-5-9-25(11-12)16-13(18(20,21)22)10-23-17(19)24-16/h3-4,7-8,10,12H,2,5-6,9,11H2,1H3/t12-/m1/s1. The molecule has 2 aromatic rings. The van der Waals surface area contributed by atoms with E-state index in [9.17, 15) is 13.2 Å². The van der Waals surface area contributed by atoms with Crippen LogP contribution in [-0.2, 0) is 6.18 Å². The van der Waals surface area contributed by atoms with Crippen LogP contribution in [0.4, 0.5) is 19.0 Å². The molecule has 1 aliphatic rings. The summed E-state index contributed by atoms with van der Waals surface area (Å²) in [7, 11) is 0. The highest BCUT2D eigenvalue weighted by atomic mass is 35.5. The Balaban J connectivity index is 1.81. The molecule has 2 heterocycles. The summed E-state index contributed by atoms with van der Waals surface area (Å²) in [5, 5.41) is -0.220. The van der Waals surface area contributed by atoms with E-state index in [0.717, 1.165) is 12.6 Å². The van der Waals surface area contributed by atoms with Crippen molar-refractivity contribution in [2.24, 2.45) is 0 Å². The fourth-order valence-electron chi connectivity index (χ4n) is 3.02. The predicted molar refractivity (Wildman–Crippen MR) is 95.5 cm³/mol. The van der Waals surface area contributed by atoms with E-state index in [1.165, 1.54) is 0 Å². The Morgan fingerprint density at radius 2 is 2.00 bits per heavy atom. The zero-order valence-electron chi connectivity index (χ0n) is 14.7. The molecule has 0 saturated carbocycles. The number of halogens is 4. The van der Waals surface area contributed by atoms with Crippen LogP contribution in [0, 0.1) is 0 Å². The van der Waals surface area contributed by atoms with Crippen LogP contribution in [0.1, 0.15) is 25.3 Å². The van der Waals surface area contributed by atoms with Crippen molar-refractivity contribution in [1.29, 1.82) is 0 Å². The number of piperidine rings is 1. The van der Waals surface area contributed by atoms with Crippen LogP contribution in [0.15, 0.2) is 30.5 Å². The van der Waals surface area contributed by atoms with Gasteiger partial charge in [-0.1, -0.05) is 12.1 Å². The van der Waals surface area contributed by atoms with Crippen LogP contribution < -0.4 is 14.4 Å². The molecular formula is C18H19ClF3N3O2. The number of ether oxygens (including phenoxy) is 2. The van der Waals surface area contributed by atoms with Crippen molar-refractivity contribution in [2.75, 3.05) is 24.6 Å². The third kappa shape index (κ3) is 4.74. The van der Waals surface area contributed by atoms with Crippen molar-refractivity contribution < 1.29 is 22.6 Å². The van der Waals surface area contributed by atoms with E-state index in [1.807, 2.05) is 19.1 Å². The Bertz CT molecular complexity index is 789. The highest BCUT2D eigenvalue weighted by Crippen LogP contribution is 2.37. The van der Waals surface area contributed by atoms with Gasteiger partial charge in [-0.05, 0) is 43.5 Å². The van der Waals surface area contributed by atoms with E-state index < -0.39 is 11.7 Å². The second-order valence-corrected chi connectivity index (χ2v) is 6.42. The summed E-state index contributed by atoms with van der Waals surface area (Å²) in [5.41, 5.74) is -0.901. The first-order chi connectivity index (χ1) is 12.9. The molecule has 5 nitrogen and oxygen atoms in total. The van der Waals surface area contributed by atoms with E-state index >= 15 is 0 Å². The van der Waals surface area contributed by atoms with Crippen molar-refractivity contribution >= 4 is 17.4 Å². The van der Waals surface area contributed by atoms with Crippen molar-refractivity contribution in [1.82, 2.24) is 9.97 Å². The average molecular weight is 402 g/mol. The molecule has 1 aliphatic heterocycles. The number of hydrogen-bond acceptors (Lipinski definition) is 5. The largest absolute Gasteiger partial charge is 0.490 e. The molecule has 1 fully saturated rings. The topological polar surface area (TPSA) is 47.5 Å². The van der Waals surface area contributed by atoms with Crippen LogP contribution in [0.3, 0.4) is 0 Å². The number of anilines is 1. The normalized spacial score (nSPS) is 17.7. The number of hydrogen-bond donors (Lipinski definition) is 0. The van der Waals surface area contributed by atoms with Gasteiger partial charge in [0.25, 0.3) is 0 Å². The molecule has 9 heteroatoms. The molecule has 1 saturated heterocycles. The van der Waals surface area contributed by atoms with E-state index in [2.05, 4.69) is 9.97 Å². The first kappa shape index (κ1) is 19.5. The predicted octanol–water partition coefficient (Wildman–Crippen LogP) is 4.60. The molecule has 0 N–H and O–H groups in total. The number of alkyl halides is 3. The van der Waals surface area contributed by atoms with Gasteiger partial charge in [-0.2, -0.15) is 18.2 Å². The molecule has 0 radical (unpaired) electrons. The summed E-state index contributed by atoms with van der Waals surface area (Å²) in [6, 6.07) is 7.24. The second-order valence-electron chi connectivity index (χ2n) is 6.08. The first-order valence-corrected chi connectivity index (χ1v) is 8.99. The Hall–Kier alpha value is -2.22. The van der Waals surface area contributed by atoms with Gasteiger partial charge in [-0.15, -0.1) is 0 Å². The molecule has 0 unspecified atom stereocenters. The van der Waals surface area contributed by atoms with Gasteiger partial charge in [0.1, 0.15) is 17.5 Å². The third-order valence-corrected chi connectivity index (χ3v) is 4.35. The minimum Gasteiger partial charge on any atom is -0.490 e. The van der Waals surface area contributed by atoms with Crippen molar-refractivity contribution in [2.45, 2.75) is 32.0 Å². The van der Waals surface area contributed by atoms with Crippen LogP contribution in [0.2, 0.25) is 5.28 Å². The van der Waals surface area contributed by atoms with Crippen LogP contribution >= 0.6 is 11.6 Å². The molecule has 27 heavy (non-hydrogen) atoms. The SMILES string of the molecule is CCOc1ccccc1O[C@@H]1CCCN(c2nc(Cl)ncc2C(F)(F)F)C1. The fourth-order valence-corrected chi connectivity index (χ4v) is 3.15. The molecule has 0 amide bonds. The van der Waals surface area contributed by atoms with Gasteiger partial charge in [0, 0.05) is 12.7 Å². The fraction of sp³-hybridized carbons (Fsp3) is 0.444. The van der Waals surface area contributed by atoms with Gasteiger partial charge in [-0.25, -0.2) is 4.98 Å². The third-order valence-electron chi connectivity index (χ3n) is 4.16. The second kappa shape index (κ2) is 8.21. The molecule has 0 aliphatic carbocycles. The van der Waals surface area contributed by atoms with Crippen molar-refractivity contribution in [3.63, 3.8) is 0 Å². The van der Waals surface area contributed by atoms with Crippen molar-refractivity contribution in [3.05, 3.63) is 41.3 Å². The van der Waals surface area contributed by atoms with Gasteiger partial charge in [-0.3, -0.25) is 0 Å². The van der Waals surface area contributed by atoms with Gasteiger partial charge in [0.15, 0.2) is 11.5 Å². The minimum absolute atomic E-state index is 0.214. The smallest absolute Gasteiger partial charge is 0.421 e. The first-order valence-electron chi connectivity index (χ1n) is 8.61. The molecule has 1 aromatic heterocycles. The summed E-state index contributed by atoms with van der Waals surface area (Å²) in [4.78, 5) is 8.86. The number of nitrogens with zero attached hydrogens (tertiary/aromatic N) is 3. The summed E-state index contributed by atoms with van der Waals surface area (Å²) in [6.07, 6.45) is -2.75. The van der Waals surface area contributed by atoms with Gasteiger partial charge in [0.2, 0.25) is 5.28 Å². The maximum absolute atomic E-state index is 13.3. The molecule has 1 atom stereocenters. The lowest BCUT2D eigenvalue weighted by molar-refractivity contribution is -0.137. The Morgan fingerprint density at radius 3 is 2.70 bits per heavy atom. The highest BCUT2D eigenvalue weighted by Gasteiger charge is 2.38. The van der Waals surface area contributed by atoms with Crippen molar-refractivity contribution in [3.8, 4) is 11.5 Å². The summed E-state index contributed by atoms with van der Waals surface area (Å²) >= 11 is 5.74. The maximum atomic E-state index is 13.3. The zero-order valence-corrected chi connectivity index (χ0v) is 15.4.